The summed E-state index contributed by atoms with van der Waals surface area (Å²) in [5, 5.41) is 5.98. The molecule has 0 saturated carbocycles. The van der Waals surface area contributed by atoms with E-state index >= 15 is 0 Å². The van der Waals surface area contributed by atoms with Crippen molar-refractivity contribution in [3.05, 3.63) is 95.3 Å². The number of ether oxygens (including phenoxy) is 7. The lowest BCUT2D eigenvalue weighted by molar-refractivity contribution is -0.147. The Morgan fingerprint density at radius 2 is 0.918 bits per heavy atom. The van der Waals surface area contributed by atoms with Crippen molar-refractivity contribution in [2.75, 3.05) is 33.4 Å². The Kier molecular flexibility index (Phi) is 21.4. The average molecular weight is 900 g/mol. The second kappa shape index (κ2) is 25.1. The van der Waals surface area contributed by atoms with E-state index in [1.54, 1.807) is 0 Å². The van der Waals surface area contributed by atoms with Gasteiger partial charge in [0.25, 0.3) is 0 Å². The van der Waals surface area contributed by atoms with Gasteiger partial charge in [-0.1, -0.05) is 120 Å². The van der Waals surface area contributed by atoms with Gasteiger partial charge >= 0.3 is 12.2 Å². The number of aromatic nitrogens is 1. The number of hydrogen-bond acceptors (Lipinski definition) is 9. The van der Waals surface area contributed by atoms with E-state index in [9.17, 15) is 9.59 Å². The van der Waals surface area contributed by atoms with Crippen LogP contribution in [0.4, 0.5) is 9.59 Å². The zero-order valence-electron chi connectivity index (χ0n) is 39.2. The molecule has 342 valence electrons. The third-order valence-electron chi connectivity index (χ3n) is 10.1. The number of alkyl carbamates (subject to hydrolysis) is 2. The lowest BCUT2D eigenvalue weighted by Crippen LogP contribution is -2.49. The van der Waals surface area contributed by atoms with Crippen molar-refractivity contribution in [3.8, 4) is 0 Å². The SMILES string of the molecule is C[C@@](CCc1cn(COCC[Si](C)(C)C)cc1CC[C@](C)(NC(=O)OCc1ccccc1)OCOCC[Si](C)(C)C)(NC(=O)OCc1ccccc1)OCOCC[Si](C)(C)C. The van der Waals surface area contributed by atoms with Gasteiger partial charge in [0.15, 0.2) is 0 Å². The van der Waals surface area contributed by atoms with E-state index in [0.29, 0.717) is 52.2 Å². The quantitative estimate of drug-likeness (QED) is 0.0398. The van der Waals surface area contributed by atoms with Crippen LogP contribution in [-0.4, -0.2) is 85.8 Å². The van der Waals surface area contributed by atoms with Crippen LogP contribution in [0.2, 0.25) is 77.1 Å². The number of benzene rings is 2. The van der Waals surface area contributed by atoms with Gasteiger partial charge in [-0.2, -0.15) is 0 Å². The fourth-order valence-electron chi connectivity index (χ4n) is 5.93. The smallest absolute Gasteiger partial charge is 0.409 e. The fraction of sp³-hybridized carbons (Fsp3) is 0.609. The average Bonchev–Trinajstić information content (AvgIpc) is 3.57. The molecule has 0 aliphatic rings. The molecule has 1 aromatic heterocycles. The molecule has 2 N–H and O–H groups in total. The molecule has 2 atom stereocenters. The van der Waals surface area contributed by atoms with Crippen LogP contribution in [0.3, 0.4) is 0 Å². The molecule has 61 heavy (non-hydrogen) atoms. The minimum absolute atomic E-state index is 0.0283. The van der Waals surface area contributed by atoms with E-state index in [4.69, 9.17) is 33.2 Å². The molecule has 0 spiro atoms. The highest BCUT2D eigenvalue weighted by Gasteiger charge is 2.31. The Bertz CT molecular complexity index is 1600. The molecule has 15 heteroatoms. The number of carbonyl (C=O) groups is 2. The molecule has 12 nitrogen and oxygen atoms in total. The van der Waals surface area contributed by atoms with Crippen LogP contribution >= 0.6 is 0 Å². The number of carbonyl (C=O) groups excluding carboxylic acids is 2. The topological polar surface area (TPSA) is 128 Å². The highest BCUT2D eigenvalue weighted by molar-refractivity contribution is 6.76. The first kappa shape index (κ1) is 52.1. The molecular weight excluding hydrogens is 823 g/mol. The first-order valence-corrected chi connectivity index (χ1v) is 32.9. The Morgan fingerprint density at radius 3 is 1.28 bits per heavy atom. The lowest BCUT2D eigenvalue weighted by atomic mass is 9.98. The Morgan fingerprint density at radius 1 is 0.557 bits per heavy atom. The summed E-state index contributed by atoms with van der Waals surface area (Å²) >= 11 is 0. The van der Waals surface area contributed by atoms with Crippen LogP contribution < -0.4 is 10.6 Å². The molecular formula is C46H77N3O9Si3. The maximum Gasteiger partial charge on any atom is 0.409 e. The third kappa shape index (κ3) is 23.7. The first-order chi connectivity index (χ1) is 28.6. The summed E-state index contributed by atoms with van der Waals surface area (Å²) in [6.07, 6.45) is 5.03. The van der Waals surface area contributed by atoms with Crippen molar-refractivity contribution in [1.29, 1.82) is 0 Å². The fourth-order valence-corrected chi connectivity index (χ4v) is 8.20. The largest absolute Gasteiger partial charge is 0.445 e. The first-order valence-electron chi connectivity index (χ1n) is 21.8. The van der Waals surface area contributed by atoms with E-state index in [-0.39, 0.29) is 26.8 Å². The minimum Gasteiger partial charge on any atom is -0.445 e. The van der Waals surface area contributed by atoms with Gasteiger partial charge in [-0.3, -0.25) is 10.6 Å². The van der Waals surface area contributed by atoms with Crippen molar-refractivity contribution in [2.45, 2.75) is 148 Å². The summed E-state index contributed by atoms with van der Waals surface area (Å²) in [4.78, 5) is 26.4. The zero-order valence-corrected chi connectivity index (χ0v) is 42.2. The van der Waals surface area contributed by atoms with E-state index in [1.165, 1.54) is 0 Å². The maximum atomic E-state index is 13.2. The van der Waals surface area contributed by atoms with Gasteiger partial charge in [0.1, 0.15) is 45.0 Å². The summed E-state index contributed by atoms with van der Waals surface area (Å²) in [5.41, 5.74) is 1.69. The summed E-state index contributed by atoms with van der Waals surface area (Å²) in [7, 11) is -3.87. The number of nitrogens with one attached hydrogen (secondary N) is 2. The van der Waals surface area contributed by atoms with Crippen molar-refractivity contribution in [1.82, 2.24) is 15.2 Å². The van der Waals surface area contributed by atoms with Gasteiger partial charge in [-0.25, -0.2) is 9.59 Å². The van der Waals surface area contributed by atoms with Gasteiger partial charge in [0.05, 0.1) is 0 Å². The van der Waals surface area contributed by atoms with Crippen LogP contribution in [0, 0.1) is 0 Å². The molecule has 3 aromatic rings. The van der Waals surface area contributed by atoms with E-state index in [1.807, 2.05) is 74.5 Å². The molecule has 1 heterocycles. The molecule has 0 radical (unpaired) electrons. The summed E-state index contributed by atoms with van der Waals surface area (Å²) in [6.45, 7) is 27.2. The molecule has 0 saturated heterocycles. The molecule has 0 bridgehead atoms. The molecule has 3 rings (SSSR count). The van der Waals surface area contributed by atoms with Crippen molar-refractivity contribution in [2.24, 2.45) is 0 Å². The van der Waals surface area contributed by atoms with E-state index < -0.39 is 47.9 Å². The summed E-state index contributed by atoms with van der Waals surface area (Å²) < 4.78 is 43.9. The highest BCUT2D eigenvalue weighted by atomic mass is 28.3. The molecule has 2 aromatic carbocycles. The predicted molar refractivity (Wildman–Crippen MR) is 252 cm³/mol. The standard InChI is InChI=1S/C46H77N3O9Si3/c1-45(57-37-53-27-30-60(6,7)8,47-43(50)55-34-39-18-14-12-15-19-39)24-22-41-32-49(36-52-26-29-59(3,4)5)33-42(41)23-25-46(2,58-38-54-28-31-61(9,10)11)48-44(51)56-35-40-20-16-13-17-21-40/h12-21,32-33H,22-31,34-38H2,1-11H3,(H,47,50)(H,48,51)/t45-,46-/m1/s1. The molecule has 0 aliphatic heterocycles. The van der Waals surface area contributed by atoms with Crippen LogP contribution in [0.15, 0.2) is 73.1 Å². The Hall–Kier alpha value is -3.29. The molecule has 0 unspecified atom stereocenters. The second-order valence-electron chi connectivity index (χ2n) is 20.0. The monoisotopic (exact) mass is 899 g/mol. The van der Waals surface area contributed by atoms with Crippen molar-refractivity contribution >= 4 is 36.4 Å². The second-order valence-corrected chi connectivity index (χ2v) is 36.8. The van der Waals surface area contributed by atoms with Gasteiger partial charge < -0.3 is 37.7 Å². The molecule has 2 amide bonds. The number of nitrogens with zero attached hydrogens (tertiary/aromatic N) is 1. The number of aryl methyl sites for hydroxylation is 2. The maximum absolute atomic E-state index is 13.2. The van der Waals surface area contributed by atoms with Crippen molar-refractivity contribution < 1.29 is 42.7 Å². The Balaban J connectivity index is 1.81. The number of amides is 2. The molecule has 0 aliphatic carbocycles. The zero-order chi connectivity index (χ0) is 45.0. The lowest BCUT2D eigenvalue weighted by Gasteiger charge is -2.31. The van der Waals surface area contributed by atoms with Crippen LogP contribution in [0.1, 0.15) is 48.9 Å². The third-order valence-corrected chi connectivity index (χ3v) is 15.2. The van der Waals surface area contributed by atoms with Crippen LogP contribution in [0.25, 0.3) is 0 Å². The van der Waals surface area contributed by atoms with Gasteiger partial charge in [0.2, 0.25) is 0 Å². The van der Waals surface area contributed by atoms with Crippen molar-refractivity contribution in [3.63, 3.8) is 0 Å². The van der Waals surface area contributed by atoms with Crippen LogP contribution in [0.5, 0.6) is 0 Å². The number of rotatable bonds is 29. The Labute approximate surface area is 369 Å². The van der Waals surface area contributed by atoms with Gasteiger partial charge in [-0.15, -0.1) is 0 Å². The highest BCUT2D eigenvalue weighted by Crippen LogP contribution is 2.25. The van der Waals surface area contributed by atoms with Gasteiger partial charge in [-0.05, 0) is 79.9 Å². The van der Waals surface area contributed by atoms with Crippen LogP contribution in [-0.2, 0) is 65.9 Å². The van der Waals surface area contributed by atoms with E-state index in [2.05, 4.69) is 86.5 Å². The van der Waals surface area contributed by atoms with E-state index in [0.717, 1.165) is 40.4 Å². The molecule has 0 fully saturated rings. The van der Waals surface area contributed by atoms with Gasteiger partial charge in [0, 0.05) is 56.4 Å². The minimum atomic E-state index is -1.30. The number of hydrogen-bond donors (Lipinski definition) is 2. The summed E-state index contributed by atoms with van der Waals surface area (Å²) in [5.74, 6) is 0. The normalized spacial score (nSPS) is 14.2. The predicted octanol–water partition coefficient (Wildman–Crippen LogP) is 10.6. The summed E-state index contributed by atoms with van der Waals surface area (Å²) in [6, 6.07) is 22.2.